The number of benzene rings is 1. The van der Waals surface area contributed by atoms with Gasteiger partial charge in [-0.1, -0.05) is 23.4 Å². The molecular weight excluding hydrogens is 266 g/mol. The van der Waals surface area contributed by atoms with Gasteiger partial charge in [0.15, 0.2) is 0 Å². The molecule has 6 heteroatoms. The topological polar surface area (TPSA) is 84.2 Å². The quantitative estimate of drug-likeness (QED) is 0.713. The van der Waals surface area contributed by atoms with Crippen molar-refractivity contribution in [3.05, 3.63) is 28.8 Å². The standard InChI is InChI=1S/C13H14ClN3O2/c1-9(18)16-8-13(19)17-12-5-4-11(14)7-10(12)3-2-6-15/h4-5,7H,6,8,15H2,1H3,(H,16,18)(H,17,19). The summed E-state index contributed by atoms with van der Waals surface area (Å²) < 4.78 is 0. The Hall–Kier alpha value is -2.03. The molecule has 0 fully saturated rings. The van der Waals surface area contributed by atoms with Crippen molar-refractivity contribution in [1.29, 1.82) is 0 Å². The van der Waals surface area contributed by atoms with E-state index in [1.165, 1.54) is 6.92 Å². The summed E-state index contributed by atoms with van der Waals surface area (Å²) in [7, 11) is 0. The van der Waals surface area contributed by atoms with E-state index < -0.39 is 0 Å². The second kappa shape index (κ2) is 7.41. The van der Waals surface area contributed by atoms with Gasteiger partial charge in [-0.25, -0.2) is 0 Å². The molecule has 19 heavy (non-hydrogen) atoms. The van der Waals surface area contributed by atoms with E-state index in [1.807, 2.05) is 0 Å². The summed E-state index contributed by atoms with van der Waals surface area (Å²) in [4.78, 5) is 22.3. The van der Waals surface area contributed by atoms with Crippen molar-refractivity contribution in [2.45, 2.75) is 6.92 Å². The van der Waals surface area contributed by atoms with Crippen LogP contribution in [0, 0.1) is 11.8 Å². The third-order valence-corrected chi connectivity index (χ3v) is 2.31. The summed E-state index contributed by atoms with van der Waals surface area (Å²) in [5, 5.41) is 5.57. The molecule has 5 nitrogen and oxygen atoms in total. The molecule has 2 amide bonds. The molecule has 100 valence electrons. The number of hydrogen-bond acceptors (Lipinski definition) is 3. The number of carbonyl (C=O) groups excluding carboxylic acids is 2. The molecule has 1 aromatic rings. The van der Waals surface area contributed by atoms with Crippen LogP contribution in [0.15, 0.2) is 18.2 Å². The average molecular weight is 280 g/mol. The van der Waals surface area contributed by atoms with Crippen LogP contribution in [0.1, 0.15) is 12.5 Å². The predicted octanol–water partition coefficient (Wildman–Crippen LogP) is 0.725. The normalized spacial score (nSPS) is 9.21. The highest BCUT2D eigenvalue weighted by Crippen LogP contribution is 2.19. The van der Waals surface area contributed by atoms with Crippen LogP contribution < -0.4 is 16.4 Å². The molecule has 0 atom stereocenters. The first-order valence-electron chi connectivity index (χ1n) is 5.55. The fourth-order valence-corrected chi connectivity index (χ4v) is 1.45. The largest absolute Gasteiger partial charge is 0.347 e. The monoisotopic (exact) mass is 279 g/mol. The van der Waals surface area contributed by atoms with E-state index in [9.17, 15) is 9.59 Å². The Morgan fingerprint density at radius 1 is 1.42 bits per heavy atom. The minimum atomic E-state index is -0.340. The van der Waals surface area contributed by atoms with E-state index in [-0.39, 0.29) is 24.9 Å². The molecule has 0 bridgehead atoms. The summed E-state index contributed by atoms with van der Waals surface area (Å²) in [6.07, 6.45) is 0. The molecule has 0 saturated heterocycles. The van der Waals surface area contributed by atoms with Gasteiger partial charge < -0.3 is 16.4 Å². The van der Waals surface area contributed by atoms with Crippen molar-refractivity contribution in [1.82, 2.24) is 5.32 Å². The van der Waals surface area contributed by atoms with Gasteiger partial charge in [-0.05, 0) is 18.2 Å². The van der Waals surface area contributed by atoms with Crippen molar-refractivity contribution in [2.75, 3.05) is 18.4 Å². The molecule has 0 radical (unpaired) electrons. The van der Waals surface area contributed by atoms with Crippen LogP contribution in [0.4, 0.5) is 5.69 Å². The summed E-state index contributed by atoms with van der Waals surface area (Å²) in [5.41, 5.74) is 6.41. The summed E-state index contributed by atoms with van der Waals surface area (Å²) >= 11 is 5.87. The van der Waals surface area contributed by atoms with Crippen LogP contribution in [-0.2, 0) is 9.59 Å². The molecule has 1 rings (SSSR count). The first kappa shape index (κ1) is 15.0. The van der Waals surface area contributed by atoms with Gasteiger partial charge >= 0.3 is 0 Å². The summed E-state index contributed by atoms with van der Waals surface area (Å²) in [6, 6.07) is 4.93. The van der Waals surface area contributed by atoms with Crippen LogP contribution in [0.2, 0.25) is 5.02 Å². The van der Waals surface area contributed by atoms with E-state index in [1.54, 1.807) is 18.2 Å². The minimum Gasteiger partial charge on any atom is -0.347 e. The lowest BCUT2D eigenvalue weighted by Gasteiger charge is -2.08. The molecule has 0 aromatic heterocycles. The van der Waals surface area contributed by atoms with Crippen molar-refractivity contribution in [2.24, 2.45) is 5.73 Å². The molecule has 0 unspecified atom stereocenters. The third-order valence-electron chi connectivity index (χ3n) is 2.08. The number of carbonyl (C=O) groups is 2. The van der Waals surface area contributed by atoms with Crippen molar-refractivity contribution in [3.8, 4) is 11.8 Å². The summed E-state index contributed by atoms with van der Waals surface area (Å²) in [5.74, 6) is 4.91. The first-order valence-corrected chi connectivity index (χ1v) is 5.93. The number of anilines is 1. The maximum atomic E-state index is 11.6. The number of rotatable bonds is 3. The summed E-state index contributed by atoms with van der Waals surface area (Å²) in [6.45, 7) is 1.46. The van der Waals surface area contributed by atoms with E-state index >= 15 is 0 Å². The van der Waals surface area contributed by atoms with E-state index in [0.29, 0.717) is 16.3 Å². The number of nitrogens with one attached hydrogen (secondary N) is 2. The Labute approximate surface area is 116 Å². The molecule has 4 N–H and O–H groups in total. The Morgan fingerprint density at radius 2 is 2.16 bits per heavy atom. The average Bonchev–Trinajstić information content (AvgIpc) is 2.36. The lowest BCUT2D eigenvalue weighted by atomic mass is 10.2. The maximum absolute atomic E-state index is 11.6. The third kappa shape index (κ3) is 5.42. The van der Waals surface area contributed by atoms with Gasteiger partial charge in [0.1, 0.15) is 0 Å². The van der Waals surface area contributed by atoms with Gasteiger partial charge in [-0.2, -0.15) is 0 Å². The van der Waals surface area contributed by atoms with Gasteiger partial charge in [-0.3, -0.25) is 9.59 Å². The Kier molecular flexibility index (Phi) is 5.86. The number of nitrogens with two attached hydrogens (primary N) is 1. The Balaban J connectivity index is 2.82. The van der Waals surface area contributed by atoms with Crippen molar-refractivity contribution < 1.29 is 9.59 Å². The highest BCUT2D eigenvalue weighted by atomic mass is 35.5. The van der Waals surface area contributed by atoms with Gasteiger partial charge in [0.25, 0.3) is 0 Å². The molecule has 0 aliphatic rings. The molecular formula is C13H14ClN3O2. The number of hydrogen-bond donors (Lipinski definition) is 3. The Morgan fingerprint density at radius 3 is 2.79 bits per heavy atom. The zero-order chi connectivity index (χ0) is 14.3. The van der Waals surface area contributed by atoms with Crippen LogP contribution in [-0.4, -0.2) is 24.9 Å². The van der Waals surface area contributed by atoms with E-state index in [0.717, 1.165) is 0 Å². The van der Waals surface area contributed by atoms with Gasteiger partial charge in [0, 0.05) is 17.5 Å². The lowest BCUT2D eigenvalue weighted by Crippen LogP contribution is -2.31. The van der Waals surface area contributed by atoms with Gasteiger partial charge in [0.05, 0.1) is 18.8 Å². The van der Waals surface area contributed by atoms with Crippen molar-refractivity contribution >= 4 is 29.1 Å². The number of halogens is 1. The molecule has 0 aliphatic carbocycles. The molecule has 0 saturated carbocycles. The van der Waals surface area contributed by atoms with Crippen LogP contribution >= 0.6 is 11.6 Å². The van der Waals surface area contributed by atoms with E-state index in [4.69, 9.17) is 17.3 Å². The first-order chi connectivity index (χ1) is 9.02. The fraction of sp³-hybridized carbons (Fsp3) is 0.231. The van der Waals surface area contributed by atoms with Crippen molar-refractivity contribution in [3.63, 3.8) is 0 Å². The lowest BCUT2D eigenvalue weighted by molar-refractivity contribution is -0.122. The Bertz CT molecular complexity index is 547. The highest BCUT2D eigenvalue weighted by Gasteiger charge is 2.06. The van der Waals surface area contributed by atoms with E-state index in [2.05, 4.69) is 22.5 Å². The van der Waals surface area contributed by atoms with Crippen LogP contribution in [0.5, 0.6) is 0 Å². The predicted molar refractivity (Wildman–Crippen MR) is 74.7 cm³/mol. The van der Waals surface area contributed by atoms with Crippen LogP contribution in [0.25, 0.3) is 0 Å². The second-order valence-electron chi connectivity index (χ2n) is 3.65. The molecule has 0 heterocycles. The zero-order valence-electron chi connectivity index (χ0n) is 10.4. The zero-order valence-corrected chi connectivity index (χ0v) is 11.2. The molecule has 0 aliphatic heterocycles. The smallest absolute Gasteiger partial charge is 0.243 e. The minimum absolute atomic E-state index is 0.0955. The van der Waals surface area contributed by atoms with Crippen LogP contribution in [0.3, 0.4) is 0 Å². The van der Waals surface area contributed by atoms with Gasteiger partial charge in [-0.15, -0.1) is 0 Å². The SMILES string of the molecule is CC(=O)NCC(=O)Nc1ccc(Cl)cc1C#CCN. The fourth-order valence-electron chi connectivity index (χ4n) is 1.27. The second-order valence-corrected chi connectivity index (χ2v) is 4.09. The highest BCUT2D eigenvalue weighted by molar-refractivity contribution is 6.30. The molecule has 0 spiro atoms. The van der Waals surface area contributed by atoms with Gasteiger partial charge in [0.2, 0.25) is 11.8 Å². The number of amides is 2. The maximum Gasteiger partial charge on any atom is 0.243 e. The molecule has 1 aromatic carbocycles.